The number of piperazine rings is 1. The summed E-state index contributed by atoms with van der Waals surface area (Å²) in [7, 11) is 0. The molecule has 26 heavy (non-hydrogen) atoms. The summed E-state index contributed by atoms with van der Waals surface area (Å²) in [5.74, 6) is 0.129. The molecule has 2 aromatic carbocycles. The molecule has 1 amide bonds. The summed E-state index contributed by atoms with van der Waals surface area (Å²) in [6, 6.07) is 15.6. The van der Waals surface area contributed by atoms with Crippen LogP contribution < -0.4 is 10.2 Å². The molecule has 2 aromatic rings. The zero-order valence-electron chi connectivity index (χ0n) is 14.8. The van der Waals surface area contributed by atoms with Crippen molar-refractivity contribution >= 4 is 34.8 Å². The number of anilines is 1. The van der Waals surface area contributed by atoms with Crippen molar-refractivity contribution in [2.45, 2.75) is 13.0 Å². The monoisotopic (exact) mass is 391 g/mol. The quantitative estimate of drug-likeness (QED) is 0.836. The van der Waals surface area contributed by atoms with Crippen LogP contribution in [0.5, 0.6) is 0 Å². The number of amides is 1. The predicted molar refractivity (Wildman–Crippen MR) is 108 cm³/mol. The van der Waals surface area contributed by atoms with Crippen LogP contribution in [-0.2, 0) is 4.79 Å². The number of nitrogens with zero attached hydrogens (tertiary/aromatic N) is 2. The first kappa shape index (κ1) is 19.0. The van der Waals surface area contributed by atoms with E-state index in [0.717, 1.165) is 42.5 Å². The van der Waals surface area contributed by atoms with Crippen LogP contribution in [0.4, 0.5) is 5.69 Å². The van der Waals surface area contributed by atoms with E-state index in [9.17, 15) is 4.79 Å². The Hall–Kier alpha value is -1.75. The van der Waals surface area contributed by atoms with Crippen LogP contribution >= 0.6 is 23.2 Å². The smallest absolute Gasteiger partial charge is 0.236 e. The highest BCUT2D eigenvalue weighted by Gasteiger charge is 2.21. The second-order valence-corrected chi connectivity index (χ2v) is 7.38. The molecule has 0 spiro atoms. The topological polar surface area (TPSA) is 35.6 Å². The molecule has 3 rings (SSSR count). The molecule has 0 saturated carbocycles. The number of halogens is 2. The number of rotatable bonds is 5. The van der Waals surface area contributed by atoms with E-state index < -0.39 is 0 Å². The molecule has 1 fully saturated rings. The molecular weight excluding hydrogens is 369 g/mol. The van der Waals surface area contributed by atoms with Gasteiger partial charge in [-0.1, -0.05) is 41.4 Å². The van der Waals surface area contributed by atoms with Crippen LogP contribution in [0.15, 0.2) is 48.5 Å². The maximum absolute atomic E-state index is 12.5. The first-order valence-corrected chi connectivity index (χ1v) is 9.55. The minimum atomic E-state index is 0.0744. The summed E-state index contributed by atoms with van der Waals surface area (Å²) < 4.78 is 0. The Balaban J connectivity index is 1.48. The Morgan fingerprint density at radius 2 is 1.69 bits per heavy atom. The fourth-order valence-electron chi connectivity index (χ4n) is 3.13. The normalized spacial score (nSPS) is 15.8. The van der Waals surface area contributed by atoms with Gasteiger partial charge >= 0.3 is 0 Å². The van der Waals surface area contributed by atoms with Crippen LogP contribution in [0.3, 0.4) is 0 Å². The highest BCUT2D eigenvalue weighted by molar-refractivity contribution is 6.31. The summed E-state index contributed by atoms with van der Waals surface area (Å²) >= 11 is 12.1. The van der Waals surface area contributed by atoms with Gasteiger partial charge in [-0.3, -0.25) is 4.79 Å². The van der Waals surface area contributed by atoms with Crippen LogP contribution in [0, 0.1) is 0 Å². The lowest BCUT2D eigenvalue weighted by atomic mass is 10.1. The van der Waals surface area contributed by atoms with E-state index in [1.807, 2.05) is 54.3 Å². The summed E-state index contributed by atoms with van der Waals surface area (Å²) in [5, 5.41) is 4.74. The third-order valence-electron chi connectivity index (χ3n) is 4.71. The van der Waals surface area contributed by atoms with Crippen molar-refractivity contribution in [1.29, 1.82) is 0 Å². The first-order chi connectivity index (χ1) is 12.5. The van der Waals surface area contributed by atoms with Gasteiger partial charge in [0.25, 0.3) is 0 Å². The van der Waals surface area contributed by atoms with E-state index in [1.165, 1.54) is 0 Å². The maximum atomic E-state index is 12.5. The number of nitrogens with one attached hydrogen (secondary N) is 1. The van der Waals surface area contributed by atoms with Gasteiger partial charge in [0, 0.05) is 48.0 Å². The standard InChI is InChI=1S/C20H23Cl2N3O/c1-15(16-4-2-5-17(21)12-16)23-14-20(26)25-10-8-24(9-11-25)19-7-3-6-18(22)13-19/h2-7,12-13,15,23H,8-11,14H2,1H3/t15-/m1/s1. The molecule has 6 heteroatoms. The molecule has 0 aromatic heterocycles. The summed E-state index contributed by atoms with van der Waals surface area (Å²) in [5.41, 5.74) is 2.19. The molecule has 0 aliphatic carbocycles. The molecule has 1 aliphatic rings. The van der Waals surface area contributed by atoms with Crippen molar-refractivity contribution in [1.82, 2.24) is 10.2 Å². The van der Waals surface area contributed by atoms with Crippen molar-refractivity contribution in [3.63, 3.8) is 0 Å². The lowest BCUT2D eigenvalue weighted by Gasteiger charge is -2.36. The fourth-order valence-corrected chi connectivity index (χ4v) is 3.52. The molecule has 1 saturated heterocycles. The number of carbonyl (C=O) groups is 1. The Morgan fingerprint density at radius 3 is 2.35 bits per heavy atom. The Morgan fingerprint density at radius 1 is 1.04 bits per heavy atom. The molecule has 1 N–H and O–H groups in total. The van der Waals surface area contributed by atoms with Crippen molar-refractivity contribution in [3.05, 3.63) is 64.1 Å². The van der Waals surface area contributed by atoms with Gasteiger partial charge in [-0.2, -0.15) is 0 Å². The fraction of sp³-hybridized carbons (Fsp3) is 0.350. The van der Waals surface area contributed by atoms with Crippen molar-refractivity contribution in [3.8, 4) is 0 Å². The molecule has 0 bridgehead atoms. The lowest BCUT2D eigenvalue weighted by Crippen LogP contribution is -2.51. The van der Waals surface area contributed by atoms with Crippen LogP contribution in [0.1, 0.15) is 18.5 Å². The lowest BCUT2D eigenvalue weighted by molar-refractivity contribution is -0.130. The second-order valence-electron chi connectivity index (χ2n) is 6.51. The number of benzene rings is 2. The summed E-state index contributed by atoms with van der Waals surface area (Å²) in [6.07, 6.45) is 0. The average molecular weight is 392 g/mol. The molecule has 0 radical (unpaired) electrons. The second kappa shape index (κ2) is 8.76. The van der Waals surface area contributed by atoms with Gasteiger partial charge in [-0.15, -0.1) is 0 Å². The molecule has 4 nitrogen and oxygen atoms in total. The van der Waals surface area contributed by atoms with E-state index in [-0.39, 0.29) is 11.9 Å². The Bertz CT molecular complexity index is 760. The minimum Gasteiger partial charge on any atom is -0.368 e. The van der Waals surface area contributed by atoms with E-state index in [4.69, 9.17) is 23.2 Å². The highest BCUT2D eigenvalue weighted by Crippen LogP contribution is 2.21. The van der Waals surface area contributed by atoms with E-state index in [1.54, 1.807) is 0 Å². The summed E-state index contributed by atoms with van der Waals surface area (Å²) in [4.78, 5) is 16.7. The van der Waals surface area contributed by atoms with Crippen molar-refractivity contribution < 1.29 is 4.79 Å². The van der Waals surface area contributed by atoms with Crippen LogP contribution in [-0.4, -0.2) is 43.5 Å². The van der Waals surface area contributed by atoms with Gasteiger partial charge in [0.05, 0.1) is 6.54 Å². The maximum Gasteiger partial charge on any atom is 0.236 e. The van der Waals surface area contributed by atoms with Crippen molar-refractivity contribution in [2.24, 2.45) is 0 Å². The Labute approximate surface area is 164 Å². The third-order valence-corrected chi connectivity index (χ3v) is 5.18. The van der Waals surface area contributed by atoms with Crippen LogP contribution in [0.2, 0.25) is 10.0 Å². The summed E-state index contributed by atoms with van der Waals surface area (Å²) in [6.45, 7) is 5.43. The zero-order valence-corrected chi connectivity index (χ0v) is 16.3. The molecular formula is C20H23Cl2N3O. The zero-order chi connectivity index (χ0) is 18.5. The molecule has 138 valence electrons. The van der Waals surface area contributed by atoms with Gasteiger partial charge in [0.15, 0.2) is 0 Å². The number of hydrogen-bond acceptors (Lipinski definition) is 3. The van der Waals surface area contributed by atoms with E-state index in [0.29, 0.717) is 11.6 Å². The third kappa shape index (κ3) is 4.91. The van der Waals surface area contributed by atoms with Crippen LogP contribution in [0.25, 0.3) is 0 Å². The average Bonchev–Trinajstić information content (AvgIpc) is 2.66. The largest absolute Gasteiger partial charge is 0.368 e. The molecule has 0 unspecified atom stereocenters. The Kier molecular flexibility index (Phi) is 6.41. The number of carbonyl (C=O) groups excluding carboxylic acids is 1. The predicted octanol–water partition coefficient (Wildman–Crippen LogP) is 3.99. The molecule has 1 atom stereocenters. The van der Waals surface area contributed by atoms with Gasteiger partial charge in [-0.05, 0) is 42.8 Å². The van der Waals surface area contributed by atoms with Crippen molar-refractivity contribution in [2.75, 3.05) is 37.6 Å². The van der Waals surface area contributed by atoms with E-state index >= 15 is 0 Å². The van der Waals surface area contributed by atoms with Gasteiger partial charge < -0.3 is 15.1 Å². The highest BCUT2D eigenvalue weighted by atomic mass is 35.5. The van der Waals surface area contributed by atoms with Gasteiger partial charge in [0.2, 0.25) is 5.91 Å². The minimum absolute atomic E-state index is 0.0744. The molecule has 1 heterocycles. The SMILES string of the molecule is C[C@@H](NCC(=O)N1CCN(c2cccc(Cl)c2)CC1)c1cccc(Cl)c1. The van der Waals surface area contributed by atoms with Gasteiger partial charge in [-0.25, -0.2) is 0 Å². The first-order valence-electron chi connectivity index (χ1n) is 8.80. The number of hydrogen-bond donors (Lipinski definition) is 1. The van der Waals surface area contributed by atoms with Gasteiger partial charge in [0.1, 0.15) is 0 Å². The molecule has 1 aliphatic heterocycles. The van der Waals surface area contributed by atoms with E-state index in [2.05, 4.69) is 16.3 Å².